The lowest BCUT2D eigenvalue weighted by Gasteiger charge is -2.14. The van der Waals surface area contributed by atoms with Crippen LogP contribution in [-0.4, -0.2) is 12.2 Å². The van der Waals surface area contributed by atoms with Crippen molar-refractivity contribution in [2.45, 2.75) is 6.10 Å². The largest absolute Gasteiger partial charge is 0.497 e. The zero-order valence-electron chi connectivity index (χ0n) is 9.73. The second-order valence-electron chi connectivity index (χ2n) is 3.81. The summed E-state index contributed by atoms with van der Waals surface area (Å²) < 4.78 is 19.3. The fourth-order valence-electron chi connectivity index (χ4n) is 1.72. The van der Waals surface area contributed by atoms with Crippen molar-refractivity contribution >= 4 is 15.9 Å². The zero-order chi connectivity index (χ0) is 13.1. The van der Waals surface area contributed by atoms with Crippen molar-refractivity contribution in [1.82, 2.24) is 0 Å². The molecule has 18 heavy (non-hydrogen) atoms. The normalized spacial score (nSPS) is 12.2. The standard InChI is InChI=1S/C14H12BrFO2/c1-18-10-7-5-9(6-8-10)14(17)13-11(15)3-2-4-12(13)16/h2-8,14,17H,1H3. The van der Waals surface area contributed by atoms with Gasteiger partial charge in [0.05, 0.1) is 7.11 Å². The van der Waals surface area contributed by atoms with Crippen molar-refractivity contribution in [3.05, 3.63) is 63.9 Å². The third kappa shape index (κ3) is 2.54. The van der Waals surface area contributed by atoms with Crippen molar-refractivity contribution < 1.29 is 14.2 Å². The lowest BCUT2D eigenvalue weighted by atomic mass is 10.0. The van der Waals surface area contributed by atoms with E-state index in [9.17, 15) is 9.50 Å². The van der Waals surface area contributed by atoms with E-state index in [1.54, 1.807) is 43.5 Å². The molecule has 4 heteroatoms. The Hall–Kier alpha value is -1.39. The summed E-state index contributed by atoms with van der Waals surface area (Å²) in [7, 11) is 1.57. The summed E-state index contributed by atoms with van der Waals surface area (Å²) in [5.41, 5.74) is 0.851. The molecule has 0 aliphatic rings. The molecular weight excluding hydrogens is 299 g/mol. The predicted molar refractivity (Wildman–Crippen MR) is 71.2 cm³/mol. The van der Waals surface area contributed by atoms with Crippen LogP contribution < -0.4 is 4.74 Å². The second-order valence-corrected chi connectivity index (χ2v) is 4.67. The first-order valence-corrected chi connectivity index (χ1v) is 6.18. The Balaban J connectivity index is 2.38. The van der Waals surface area contributed by atoms with E-state index in [1.807, 2.05) is 0 Å². The molecule has 0 fully saturated rings. The Morgan fingerprint density at radius 2 is 1.83 bits per heavy atom. The summed E-state index contributed by atoms with van der Waals surface area (Å²) >= 11 is 3.25. The first kappa shape index (κ1) is 13.1. The number of hydrogen-bond donors (Lipinski definition) is 1. The molecular formula is C14H12BrFO2. The summed E-state index contributed by atoms with van der Waals surface area (Å²) in [4.78, 5) is 0. The molecule has 2 aromatic carbocycles. The van der Waals surface area contributed by atoms with E-state index < -0.39 is 11.9 Å². The molecule has 1 N–H and O–H groups in total. The number of methoxy groups -OCH3 is 1. The van der Waals surface area contributed by atoms with Gasteiger partial charge in [-0.15, -0.1) is 0 Å². The van der Waals surface area contributed by atoms with Crippen molar-refractivity contribution in [2.24, 2.45) is 0 Å². The maximum absolute atomic E-state index is 13.7. The smallest absolute Gasteiger partial charge is 0.130 e. The summed E-state index contributed by atoms with van der Waals surface area (Å²) in [6.45, 7) is 0. The van der Waals surface area contributed by atoms with Crippen molar-refractivity contribution in [1.29, 1.82) is 0 Å². The highest BCUT2D eigenvalue weighted by Crippen LogP contribution is 2.31. The molecule has 0 bridgehead atoms. The maximum atomic E-state index is 13.7. The van der Waals surface area contributed by atoms with Gasteiger partial charge in [-0.2, -0.15) is 0 Å². The van der Waals surface area contributed by atoms with Crippen LogP contribution in [0.4, 0.5) is 4.39 Å². The molecule has 0 aromatic heterocycles. The first-order chi connectivity index (χ1) is 8.63. The fraction of sp³-hybridized carbons (Fsp3) is 0.143. The van der Waals surface area contributed by atoms with Crippen LogP contribution in [0.2, 0.25) is 0 Å². The maximum Gasteiger partial charge on any atom is 0.130 e. The number of aliphatic hydroxyl groups is 1. The topological polar surface area (TPSA) is 29.5 Å². The Labute approximate surface area is 113 Å². The highest BCUT2D eigenvalue weighted by Gasteiger charge is 2.17. The Kier molecular flexibility index (Phi) is 3.99. The van der Waals surface area contributed by atoms with Crippen LogP contribution in [0.15, 0.2) is 46.9 Å². The van der Waals surface area contributed by atoms with Gasteiger partial charge in [-0.25, -0.2) is 4.39 Å². The summed E-state index contributed by atoms with van der Waals surface area (Å²) in [5, 5.41) is 10.2. The zero-order valence-corrected chi connectivity index (χ0v) is 11.3. The van der Waals surface area contributed by atoms with Crippen LogP contribution in [0.5, 0.6) is 5.75 Å². The molecule has 2 aromatic rings. The number of benzene rings is 2. The molecule has 0 aliphatic carbocycles. The van der Waals surface area contributed by atoms with Crippen LogP contribution in [0.25, 0.3) is 0 Å². The van der Waals surface area contributed by atoms with E-state index in [1.165, 1.54) is 6.07 Å². The van der Waals surface area contributed by atoms with E-state index in [0.29, 0.717) is 15.8 Å². The quantitative estimate of drug-likeness (QED) is 0.937. The lowest BCUT2D eigenvalue weighted by Crippen LogP contribution is -2.03. The molecule has 0 aliphatic heterocycles. The van der Waals surface area contributed by atoms with E-state index >= 15 is 0 Å². The Morgan fingerprint density at radius 1 is 1.17 bits per heavy atom. The summed E-state index contributed by atoms with van der Waals surface area (Å²) in [6.07, 6.45) is -1.01. The van der Waals surface area contributed by atoms with Crippen LogP contribution >= 0.6 is 15.9 Å². The molecule has 0 saturated heterocycles. The third-order valence-corrected chi connectivity index (χ3v) is 3.40. The average Bonchev–Trinajstić information content (AvgIpc) is 2.38. The van der Waals surface area contributed by atoms with Crippen molar-refractivity contribution in [3.8, 4) is 5.75 Å². The number of halogens is 2. The molecule has 0 radical (unpaired) electrons. The molecule has 0 saturated carbocycles. The summed E-state index contributed by atoms with van der Waals surface area (Å²) in [6, 6.07) is 11.5. The molecule has 2 nitrogen and oxygen atoms in total. The van der Waals surface area contributed by atoms with Gasteiger partial charge in [-0.1, -0.05) is 34.1 Å². The SMILES string of the molecule is COc1ccc(C(O)c2c(F)cccc2Br)cc1. The minimum Gasteiger partial charge on any atom is -0.497 e. The van der Waals surface area contributed by atoms with Gasteiger partial charge >= 0.3 is 0 Å². The van der Waals surface area contributed by atoms with E-state index in [-0.39, 0.29) is 5.56 Å². The van der Waals surface area contributed by atoms with E-state index in [4.69, 9.17) is 4.74 Å². The molecule has 0 amide bonds. The number of rotatable bonds is 3. The van der Waals surface area contributed by atoms with Gasteiger partial charge in [0.2, 0.25) is 0 Å². The van der Waals surface area contributed by atoms with Gasteiger partial charge in [0.1, 0.15) is 17.7 Å². The molecule has 0 spiro atoms. The Bertz CT molecular complexity index is 520. The summed E-state index contributed by atoms with van der Waals surface area (Å²) in [5.74, 6) is 0.256. The number of hydrogen-bond acceptors (Lipinski definition) is 2. The minimum absolute atomic E-state index is 0.239. The molecule has 94 valence electrons. The Morgan fingerprint density at radius 3 is 2.39 bits per heavy atom. The highest BCUT2D eigenvalue weighted by atomic mass is 79.9. The first-order valence-electron chi connectivity index (χ1n) is 5.39. The van der Waals surface area contributed by atoms with Crippen molar-refractivity contribution in [2.75, 3.05) is 7.11 Å². The van der Waals surface area contributed by atoms with Crippen molar-refractivity contribution in [3.63, 3.8) is 0 Å². The second kappa shape index (κ2) is 5.50. The molecule has 0 heterocycles. The van der Waals surface area contributed by atoms with E-state index in [2.05, 4.69) is 15.9 Å². The van der Waals surface area contributed by atoms with Crippen LogP contribution in [-0.2, 0) is 0 Å². The van der Waals surface area contributed by atoms with Gasteiger partial charge in [0.25, 0.3) is 0 Å². The molecule has 2 rings (SSSR count). The highest BCUT2D eigenvalue weighted by molar-refractivity contribution is 9.10. The van der Waals surface area contributed by atoms with Crippen LogP contribution in [0.3, 0.4) is 0 Å². The predicted octanol–water partition coefficient (Wildman–Crippen LogP) is 3.68. The average molecular weight is 311 g/mol. The monoisotopic (exact) mass is 310 g/mol. The van der Waals surface area contributed by atoms with Gasteiger partial charge in [-0.3, -0.25) is 0 Å². The van der Waals surface area contributed by atoms with Gasteiger partial charge in [0.15, 0.2) is 0 Å². The van der Waals surface area contributed by atoms with Crippen LogP contribution in [0, 0.1) is 5.82 Å². The molecule has 1 unspecified atom stereocenters. The lowest BCUT2D eigenvalue weighted by molar-refractivity contribution is 0.214. The number of aliphatic hydroxyl groups excluding tert-OH is 1. The number of ether oxygens (including phenoxy) is 1. The molecule has 1 atom stereocenters. The van der Waals surface area contributed by atoms with Gasteiger partial charge in [0, 0.05) is 10.0 Å². The van der Waals surface area contributed by atoms with Crippen LogP contribution in [0.1, 0.15) is 17.2 Å². The van der Waals surface area contributed by atoms with Gasteiger partial charge < -0.3 is 9.84 Å². The fourth-order valence-corrected chi connectivity index (χ4v) is 2.28. The van der Waals surface area contributed by atoms with E-state index in [0.717, 1.165) is 0 Å². The minimum atomic E-state index is -1.01. The third-order valence-electron chi connectivity index (χ3n) is 2.70. The van der Waals surface area contributed by atoms with Gasteiger partial charge in [-0.05, 0) is 29.8 Å².